The fourth-order valence-corrected chi connectivity index (χ4v) is 2.91. The molecule has 7 heteroatoms. The van der Waals surface area contributed by atoms with Crippen molar-refractivity contribution < 1.29 is 28.5 Å². The van der Waals surface area contributed by atoms with Crippen molar-refractivity contribution in [3.63, 3.8) is 0 Å². The molecule has 1 N–H and O–H groups in total. The Kier molecular flexibility index (Phi) is 7.59. The van der Waals surface area contributed by atoms with E-state index in [4.69, 9.17) is 23.7 Å². The van der Waals surface area contributed by atoms with E-state index in [-0.39, 0.29) is 5.91 Å². The lowest BCUT2D eigenvalue weighted by molar-refractivity contribution is 0.102. The third-order valence-corrected chi connectivity index (χ3v) is 4.38. The molecule has 0 fully saturated rings. The van der Waals surface area contributed by atoms with E-state index in [0.717, 1.165) is 5.75 Å². The maximum atomic E-state index is 12.8. The minimum absolute atomic E-state index is 0.316. The van der Waals surface area contributed by atoms with E-state index >= 15 is 0 Å². The van der Waals surface area contributed by atoms with Gasteiger partial charge in [-0.25, -0.2) is 0 Å². The topological polar surface area (TPSA) is 75.3 Å². The number of amides is 1. The first-order chi connectivity index (χ1) is 15.1. The second-order valence-corrected chi connectivity index (χ2v) is 6.41. The van der Waals surface area contributed by atoms with Gasteiger partial charge < -0.3 is 29.0 Å². The molecule has 7 nitrogen and oxygen atoms in total. The first kappa shape index (κ1) is 21.8. The van der Waals surface area contributed by atoms with E-state index < -0.39 is 0 Å². The van der Waals surface area contributed by atoms with Crippen molar-refractivity contribution in [1.29, 1.82) is 0 Å². The predicted octanol–water partition coefficient (Wildman–Crippen LogP) is 4.42. The molecule has 1 amide bonds. The Balaban J connectivity index is 1.62. The minimum Gasteiger partial charge on any atom is -0.493 e. The Morgan fingerprint density at radius 1 is 0.742 bits per heavy atom. The fourth-order valence-electron chi connectivity index (χ4n) is 2.91. The van der Waals surface area contributed by atoms with Crippen molar-refractivity contribution in [1.82, 2.24) is 0 Å². The highest BCUT2D eigenvalue weighted by Crippen LogP contribution is 2.38. The van der Waals surface area contributed by atoms with Crippen molar-refractivity contribution >= 4 is 11.6 Å². The number of nitrogens with one attached hydrogen (secondary N) is 1. The number of methoxy groups -OCH3 is 3. The molecule has 0 aromatic heterocycles. The Morgan fingerprint density at radius 2 is 1.35 bits per heavy atom. The summed E-state index contributed by atoms with van der Waals surface area (Å²) in [7, 11) is 4.51. The lowest BCUT2D eigenvalue weighted by Gasteiger charge is -2.14. The van der Waals surface area contributed by atoms with E-state index in [1.165, 1.54) is 21.3 Å². The molecule has 0 radical (unpaired) electrons. The van der Waals surface area contributed by atoms with E-state index in [2.05, 4.69) is 5.32 Å². The standard InChI is InChI=1S/C24H25NO6/c1-27-21-14-17(15-22(28-2)23(21)29-3)24(26)25-18-8-7-11-20(16-18)31-13-12-30-19-9-5-4-6-10-19/h4-11,14-16H,12-13H2,1-3H3,(H,25,26). The Labute approximate surface area is 181 Å². The van der Waals surface area contributed by atoms with Crippen LogP contribution in [0.2, 0.25) is 0 Å². The molecule has 0 saturated carbocycles. The van der Waals surface area contributed by atoms with E-state index in [9.17, 15) is 4.79 Å². The van der Waals surface area contributed by atoms with E-state index in [1.807, 2.05) is 36.4 Å². The second-order valence-electron chi connectivity index (χ2n) is 6.41. The van der Waals surface area contributed by atoms with Crippen molar-refractivity contribution in [3.8, 4) is 28.7 Å². The van der Waals surface area contributed by atoms with Crippen LogP contribution in [-0.4, -0.2) is 40.5 Å². The summed E-state index contributed by atoms with van der Waals surface area (Å²) in [5.74, 6) is 2.33. The highest BCUT2D eigenvalue weighted by molar-refractivity contribution is 6.05. The number of carbonyl (C=O) groups excluding carboxylic acids is 1. The summed E-state index contributed by atoms with van der Waals surface area (Å²) in [6.45, 7) is 0.783. The Hall–Kier alpha value is -3.87. The molecule has 0 aliphatic heterocycles. The Morgan fingerprint density at radius 3 is 1.97 bits per heavy atom. The van der Waals surface area contributed by atoms with Crippen LogP contribution in [0.5, 0.6) is 28.7 Å². The van der Waals surface area contributed by atoms with Crippen LogP contribution in [0.25, 0.3) is 0 Å². The van der Waals surface area contributed by atoms with Gasteiger partial charge in [0.15, 0.2) is 11.5 Å². The average Bonchev–Trinajstić information content (AvgIpc) is 2.81. The summed E-state index contributed by atoms with van der Waals surface area (Å²) in [4.78, 5) is 12.8. The highest BCUT2D eigenvalue weighted by Gasteiger charge is 2.17. The summed E-state index contributed by atoms with van der Waals surface area (Å²) < 4.78 is 27.3. The largest absolute Gasteiger partial charge is 0.493 e. The zero-order valence-electron chi connectivity index (χ0n) is 17.7. The normalized spacial score (nSPS) is 10.2. The molecule has 3 rings (SSSR count). The number of anilines is 1. The van der Waals surface area contributed by atoms with E-state index in [0.29, 0.717) is 47.5 Å². The zero-order valence-corrected chi connectivity index (χ0v) is 17.7. The first-order valence-electron chi connectivity index (χ1n) is 9.66. The number of para-hydroxylation sites is 1. The number of carbonyl (C=O) groups is 1. The summed E-state index contributed by atoms with van der Waals surface area (Å²) in [5.41, 5.74) is 0.970. The molecule has 0 saturated heterocycles. The Bertz CT molecular complexity index is 981. The third-order valence-electron chi connectivity index (χ3n) is 4.38. The van der Waals surface area contributed by atoms with Crippen molar-refractivity contribution in [2.24, 2.45) is 0 Å². The summed E-state index contributed by atoms with van der Waals surface area (Å²) >= 11 is 0. The summed E-state index contributed by atoms with van der Waals surface area (Å²) in [6.07, 6.45) is 0. The van der Waals surface area contributed by atoms with Crippen molar-refractivity contribution in [2.45, 2.75) is 0 Å². The minimum atomic E-state index is -0.316. The monoisotopic (exact) mass is 423 g/mol. The molecule has 3 aromatic carbocycles. The molecule has 31 heavy (non-hydrogen) atoms. The van der Waals surface area contributed by atoms with Gasteiger partial charge in [-0.15, -0.1) is 0 Å². The van der Waals surface area contributed by atoms with E-state index in [1.54, 1.807) is 30.3 Å². The van der Waals surface area contributed by atoms with Gasteiger partial charge >= 0.3 is 0 Å². The molecule has 0 bridgehead atoms. The molecule has 0 heterocycles. The van der Waals surface area contributed by atoms with Crippen LogP contribution in [0, 0.1) is 0 Å². The van der Waals surface area contributed by atoms with Gasteiger partial charge in [0.2, 0.25) is 5.75 Å². The molecule has 0 spiro atoms. The summed E-state index contributed by atoms with van der Waals surface area (Å²) in [6, 6.07) is 19.9. The maximum absolute atomic E-state index is 12.8. The van der Waals surface area contributed by atoms with Crippen LogP contribution in [0.1, 0.15) is 10.4 Å². The predicted molar refractivity (Wildman–Crippen MR) is 118 cm³/mol. The lowest BCUT2D eigenvalue weighted by Crippen LogP contribution is -2.13. The molecule has 0 atom stereocenters. The van der Waals surface area contributed by atoms with Crippen LogP contribution in [0.3, 0.4) is 0 Å². The maximum Gasteiger partial charge on any atom is 0.255 e. The smallest absolute Gasteiger partial charge is 0.255 e. The highest BCUT2D eigenvalue weighted by atomic mass is 16.5. The SMILES string of the molecule is COc1cc(C(=O)Nc2cccc(OCCOc3ccccc3)c2)cc(OC)c1OC. The van der Waals surface area contributed by atoms with Gasteiger partial charge in [0, 0.05) is 17.3 Å². The van der Waals surface area contributed by atoms with Crippen LogP contribution in [0.4, 0.5) is 5.69 Å². The number of ether oxygens (including phenoxy) is 5. The van der Waals surface area contributed by atoms with Crippen LogP contribution in [-0.2, 0) is 0 Å². The number of benzene rings is 3. The molecule has 0 aliphatic rings. The second kappa shape index (κ2) is 10.8. The summed E-state index contributed by atoms with van der Waals surface area (Å²) in [5, 5.41) is 2.85. The van der Waals surface area contributed by atoms with Crippen molar-refractivity contribution in [2.75, 3.05) is 39.9 Å². The van der Waals surface area contributed by atoms with Gasteiger partial charge in [0.1, 0.15) is 24.7 Å². The van der Waals surface area contributed by atoms with Gasteiger partial charge in [0.05, 0.1) is 21.3 Å². The molecule has 3 aromatic rings. The third kappa shape index (κ3) is 5.82. The fraction of sp³-hybridized carbons (Fsp3) is 0.208. The quantitative estimate of drug-likeness (QED) is 0.487. The van der Waals surface area contributed by atoms with Gasteiger partial charge in [0.25, 0.3) is 5.91 Å². The average molecular weight is 423 g/mol. The first-order valence-corrected chi connectivity index (χ1v) is 9.66. The lowest BCUT2D eigenvalue weighted by atomic mass is 10.1. The number of hydrogen-bond acceptors (Lipinski definition) is 6. The van der Waals surface area contributed by atoms with Crippen LogP contribution < -0.4 is 29.0 Å². The molecule has 0 unspecified atom stereocenters. The van der Waals surface area contributed by atoms with Gasteiger partial charge in [-0.1, -0.05) is 24.3 Å². The zero-order chi connectivity index (χ0) is 22.1. The van der Waals surface area contributed by atoms with Crippen LogP contribution in [0.15, 0.2) is 66.7 Å². The van der Waals surface area contributed by atoms with Gasteiger partial charge in [-0.3, -0.25) is 4.79 Å². The number of hydrogen-bond donors (Lipinski definition) is 1. The van der Waals surface area contributed by atoms with Crippen LogP contribution >= 0.6 is 0 Å². The molecule has 0 aliphatic carbocycles. The number of rotatable bonds is 10. The van der Waals surface area contributed by atoms with Gasteiger partial charge in [-0.2, -0.15) is 0 Å². The molecular formula is C24H25NO6. The van der Waals surface area contributed by atoms with Gasteiger partial charge in [-0.05, 0) is 36.4 Å². The molecule has 162 valence electrons. The molecular weight excluding hydrogens is 398 g/mol. The van der Waals surface area contributed by atoms with Crippen molar-refractivity contribution in [3.05, 3.63) is 72.3 Å².